The molecule has 6 nitrogen and oxygen atoms in total. The Labute approximate surface area is 104 Å². The first-order valence-electron chi connectivity index (χ1n) is 5.62. The van der Waals surface area contributed by atoms with Gasteiger partial charge in [0.05, 0.1) is 0 Å². The zero-order valence-electron chi connectivity index (χ0n) is 10.3. The number of aromatic amines is 1. The molecule has 2 heterocycles. The molecule has 0 aliphatic carbocycles. The van der Waals surface area contributed by atoms with E-state index in [1.165, 1.54) is 0 Å². The highest BCUT2D eigenvalue weighted by Gasteiger charge is 2.10. The van der Waals surface area contributed by atoms with E-state index in [-0.39, 0.29) is 12.2 Å². The Morgan fingerprint density at radius 2 is 2.11 bits per heavy atom. The van der Waals surface area contributed by atoms with E-state index >= 15 is 0 Å². The van der Waals surface area contributed by atoms with Crippen molar-refractivity contribution in [2.75, 3.05) is 6.61 Å². The summed E-state index contributed by atoms with van der Waals surface area (Å²) in [5, 5.41) is 8.89. The van der Waals surface area contributed by atoms with Crippen molar-refractivity contribution in [2.45, 2.75) is 20.3 Å². The molecule has 0 unspecified atom stereocenters. The van der Waals surface area contributed by atoms with Gasteiger partial charge in [0, 0.05) is 30.5 Å². The van der Waals surface area contributed by atoms with Crippen LogP contribution in [0.2, 0.25) is 0 Å². The lowest BCUT2D eigenvalue weighted by Crippen LogP contribution is -2.18. The van der Waals surface area contributed by atoms with Gasteiger partial charge in [-0.25, -0.2) is 15.0 Å². The maximum atomic E-state index is 11.9. The maximum absolute atomic E-state index is 11.9. The predicted octanol–water partition coefficient (Wildman–Crippen LogP) is 0.379. The SMILES string of the molecule is Cc1nccc(-c2nc(C)c(CCO)c(=O)[nH]2)n1. The number of nitrogens with one attached hydrogen (secondary N) is 1. The number of rotatable bonds is 3. The van der Waals surface area contributed by atoms with E-state index in [1.807, 2.05) is 0 Å². The van der Waals surface area contributed by atoms with E-state index in [1.54, 1.807) is 26.1 Å². The van der Waals surface area contributed by atoms with Crippen molar-refractivity contribution in [3.63, 3.8) is 0 Å². The third-order valence-corrected chi connectivity index (χ3v) is 2.60. The Bertz CT molecular complexity index is 622. The lowest BCUT2D eigenvalue weighted by Gasteiger charge is -2.06. The second-order valence-electron chi connectivity index (χ2n) is 3.94. The number of aliphatic hydroxyl groups is 1. The van der Waals surface area contributed by atoms with E-state index in [2.05, 4.69) is 19.9 Å². The quantitative estimate of drug-likeness (QED) is 0.816. The normalized spacial score (nSPS) is 10.6. The zero-order chi connectivity index (χ0) is 13.1. The Morgan fingerprint density at radius 3 is 2.72 bits per heavy atom. The van der Waals surface area contributed by atoms with Crippen molar-refractivity contribution in [3.05, 3.63) is 39.7 Å². The van der Waals surface area contributed by atoms with Gasteiger partial charge in [0.2, 0.25) is 0 Å². The third kappa shape index (κ3) is 2.43. The first kappa shape index (κ1) is 12.4. The van der Waals surface area contributed by atoms with Crippen LogP contribution in [-0.4, -0.2) is 31.6 Å². The number of nitrogens with zero attached hydrogens (tertiary/aromatic N) is 3. The third-order valence-electron chi connectivity index (χ3n) is 2.60. The predicted molar refractivity (Wildman–Crippen MR) is 66.1 cm³/mol. The molecule has 0 saturated carbocycles. The van der Waals surface area contributed by atoms with Gasteiger partial charge in [0.15, 0.2) is 5.82 Å². The van der Waals surface area contributed by atoms with Crippen molar-refractivity contribution in [1.29, 1.82) is 0 Å². The number of hydrogen-bond donors (Lipinski definition) is 2. The van der Waals surface area contributed by atoms with Crippen LogP contribution >= 0.6 is 0 Å². The Hall–Kier alpha value is -2.08. The summed E-state index contributed by atoms with van der Waals surface area (Å²) in [6, 6.07) is 1.69. The smallest absolute Gasteiger partial charge is 0.254 e. The van der Waals surface area contributed by atoms with Crippen LogP contribution in [-0.2, 0) is 6.42 Å². The van der Waals surface area contributed by atoms with Gasteiger partial charge in [0.25, 0.3) is 5.56 Å². The molecule has 6 heteroatoms. The largest absolute Gasteiger partial charge is 0.396 e. The van der Waals surface area contributed by atoms with Crippen molar-refractivity contribution < 1.29 is 5.11 Å². The molecule has 0 aliphatic rings. The van der Waals surface area contributed by atoms with Crippen LogP contribution in [0.5, 0.6) is 0 Å². The van der Waals surface area contributed by atoms with Crippen LogP contribution in [0, 0.1) is 13.8 Å². The Morgan fingerprint density at radius 1 is 1.33 bits per heavy atom. The fourth-order valence-corrected chi connectivity index (χ4v) is 1.73. The van der Waals surface area contributed by atoms with Crippen LogP contribution in [0.4, 0.5) is 0 Å². The van der Waals surface area contributed by atoms with Crippen molar-refractivity contribution in [3.8, 4) is 11.5 Å². The van der Waals surface area contributed by atoms with Gasteiger partial charge < -0.3 is 10.1 Å². The molecule has 2 rings (SSSR count). The average molecular weight is 246 g/mol. The molecule has 2 aromatic heterocycles. The molecule has 0 amide bonds. The fourth-order valence-electron chi connectivity index (χ4n) is 1.73. The van der Waals surface area contributed by atoms with Crippen molar-refractivity contribution in [1.82, 2.24) is 19.9 Å². The summed E-state index contributed by atoms with van der Waals surface area (Å²) in [5.41, 5.74) is 1.46. The second kappa shape index (κ2) is 5.05. The Kier molecular flexibility index (Phi) is 3.47. The van der Waals surface area contributed by atoms with Gasteiger partial charge >= 0.3 is 0 Å². The van der Waals surface area contributed by atoms with E-state index in [9.17, 15) is 4.79 Å². The topological polar surface area (TPSA) is 91.8 Å². The summed E-state index contributed by atoms with van der Waals surface area (Å²) >= 11 is 0. The molecule has 94 valence electrons. The summed E-state index contributed by atoms with van der Waals surface area (Å²) in [5.74, 6) is 1.04. The van der Waals surface area contributed by atoms with Crippen LogP contribution in [0.25, 0.3) is 11.5 Å². The molecular weight excluding hydrogens is 232 g/mol. The Balaban J connectivity index is 2.51. The van der Waals surface area contributed by atoms with Crippen LogP contribution in [0.1, 0.15) is 17.1 Å². The minimum Gasteiger partial charge on any atom is -0.396 e. The van der Waals surface area contributed by atoms with E-state index in [0.29, 0.717) is 35.0 Å². The van der Waals surface area contributed by atoms with Crippen LogP contribution in [0.15, 0.2) is 17.1 Å². The van der Waals surface area contributed by atoms with Gasteiger partial charge in [-0.3, -0.25) is 4.79 Å². The van der Waals surface area contributed by atoms with E-state index < -0.39 is 0 Å². The molecule has 0 saturated heterocycles. The van der Waals surface area contributed by atoms with Crippen LogP contribution < -0.4 is 5.56 Å². The highest BCUT2D eigenvalue weighted by Crippen LogP contribution is 2.11. The number of H-pyrrole nitrogens is 1. The molecule has 0 bridgehead atoms. The number of aliphatic hydroxyl groups excluding tert-OH is 1. The minimum absolute atomic E-state index is 0.0719. The summed E-state index contributed by atoms with van der Waals surface area (Å²) in [7, 11) is 0. The first-order valence-corrected chi connectivity index (χ1v) is 5.62. The van der Waals surface area contributed by atoms with Gasteiger partial charge in [-0.05, 0) is 19.9 Å². The molecule has 18 heavy (non-hydrogen) atoms. The van der Waals surface area contributed by atoms with Crippen molar-refractivity contribution >= 4 is 0 Å². The molecule has 2 aromatic rings. The van der Waals surface area contributed by atoms with Crippen molar-refractivity contribution in [2.24, 2.45) is 0 Å². The van der Waals surface area contributed by atoms with Gasteiger partial charge in [-0.2, -0.15) is 0 Å². The molecule has 0 fully saturated rings. The first-order chi connectivity index (χ1) is 8.61. The number of aromatic nitrogens is 4. The molecule has 0 spiro atoms. The van der Waals surface area contributed by atoms with Crippen LogP contribution in [0.3, 0.4) is 0 Å². The second-order valence-corrected chi connectivity index (χ2v) is 3.94. The fraction of sp³-hybridized carbons (Fsp3) is 0.333. The summed E-state index contributed by atoms with van der Waals surface area (Å²) in [6.45, 7) is 3.45. The minimum atomic E-state index is -0.234. The lowest BCUT2D eigenvalue weighted by atomic mass is 10.2. The van der Waals surface area contributed by atoms with E-state index in [0.717, 1.165) is 0 Å². The number of hydrogen-bond acceptors (Lipinski definition) is 5. The molecule has 0 aliphatic heterocycles. The molecule has 0 atom stereocenters. The molecule has 0 radical (unpaired) electrons. The zero-order valence-corrected chi connectivity index (χ0v) is 10.3. The monoisotopic (exact) mass is 246 g/mol. The van der Waals surface area contributed by atoms with Gasteiger partial charge in [-0.1, -0.05) is 0 Å². The number of aryl methyl sites for hydroxylation is 2. The highest BCUT2D eigenvalue weighted by molar-refractivity contribution is 5.48. The maximum Gasteiger partial charge on any atom is 0.254 e. The highest BCUT2D eigenvalue weighted by atomic mass is 16.3. The average Bonchev–Trinajstić information content (AvgIpc) is 2.33. The molecule has 2 N–H and O–H groups in total. The summed E-state index contributed by atoms with van der Waals surface area (Å²) in [6.07, 6.45) is 1.92. The van der Waals surface area contributed by atoms with Gasteiger partial charge in [-0.15, -0.1) is 0 Å². The summed E-state index contributed by atoms with van der Waals surface area (Å²) in [4.78, 5) is 27.0. The molecular formula is C12H14N4O2. The molecule has 0 aromatic carbocycles. The standard InChI is InChI=1S/C12H14N4O2/c1-7-9(4-6-17)12(18)16-11(14-7)10-3-5-13-8(2)15-10/h3,5,17H,4,6H2,1-2H3,(H,14,16,18). The van der Waals surface area contributed by atoms with E-state index in [4.69, 9.17) is 5.11 Å². The van der Waals surface area contributed by atoms with Gasteiger partial charge in [0.1, 0.15) is 11.5 Å². The lowest BCUT2D eigenvalue weighted by molar-refractivity contribution is 0.298. The summed E-state index contributed by atoms with van der Waals surface area (Å²) < 4.78 is 0.